The van der Waals surface area contributed by atoms with E-state index in [4.69, 9.17) is 0 Å². The molecule has 1 aromatic rings. The Morgan fingerprint density at radius 3 is 2.71 bits per heavy atom. The highest BCUT2D eigenvalue weighted by molar-refractivity contribution is 9.11. The van der Waals surface area contributed by atoms with Crippen LogP contribution in [0.25, 0.3) is 0 Å². The van der Waals surface area contributed by atoms with E-state index in [0.29, 0.717) is 11.3 Å². The Morgan fingerprint density at radius 1 is 1.47 bits per heavy atom. The Bertz CT molecular complexity index is 451. The number of nitrogens with one attached hydrogen (secondary N) is 1. The zero-order valence-corrected chi connectivity index (χ0v) is 13.5. The maximum absolute atomic E-state index is 11.9. The third-order valence-electron chi connectivity index (χ3n) is 2.04. The zero-order valence-electron chi connectivity index (χ0n) is 9.50. The molecule has 0 radical (unpaired) electrons. The van der Waals surface area contributed by atoms with Gasteiger partial charge in [0.25, 0.3) is 5.91 Å². The molecule has 17 heavy (non-hydrogen) atoms. The predicted octanol–water partition coefficient (Wildman–Crippen LogP) is 2.71. The van der Waals surface area contributed by atoms with Crippen LogP contribution in [0, 0.1) is 0 Å². The first-order chi connectivity index (χ1) is 7.90. The van der Waals surface area contributed by atoms with Crippen molar-refractivity contribution in [1.82, 2.24) is 5.32 Å². The monoisotopic (exact) mass is 381 g/mol. The van der Waals surface area contributed by atoms with E-state index in [1.807, 2.05) is 19.1 Å². The number of hydrogen-bond donors (Lipinski definition) is 1. The predicted molar refractivity (Wildman–Crippen MR) is 77.7 cm³/mol. The van der Waals surface area contributed by atoms with Gasteiger partial charge < -0.3 is 5.32 Å². The van der Waals surface area contributed by atoms with Gasteiger partial charge in [0.05, 0.1) is 5.56 Å². The summed E-state index contributed by atoms with van der Waals surface area (Å²) in [6, 6.07) is 5.29. The molecule has 0 aromatic heterocycles. The first-order valence-corrected chi connectivity index (χ1v) is 8.27. The lowest BCUT2D eigenvalue weighted by atomic mass is 10.2. The average Bonchev–Trinajstić information content (AvgIpc) is 2.20. The van der Waals surface area contributed by atoms with E-state index in [1.165, 1.54) is 0 Å². The highest BCUT2D eigenvalue weighted by atomic mass is 79.9. The first kappa shape index (κ1) is 14.9. The van der Waals surface area contributed by atoms with Gasteiger partial charge in [-0.2, -0.15) is 0 Å². The summed E-state index contributed by atoms with van der Waals surface area (Å²) >= 11 is 6.65. The van der Waals surface area contributed by atoms with Crippen LogP contribution in [0.1, 0.15) is 17.3 Å². The summed E-state index contributed by atoms with van der Waals surface area (Å²) in [7, 11) is -0.914. The number of rotatable bonds is 4. The summed E-state index contributed by atoms with van der Waals surface area (Å²) in [4.78, 5) is 11.9. The van der Waals surface area contributed by atoms with E-state index in [1.54, 1.807) is 12.3 Å². The van der Waals surface area contributed by atoms with Crippen LogP contribution in [0.5, 0.6) is 0 Å². The molecule has 0 saturated heterocycles. The fourth-order valence-electron chi connectivity index (χ4n) is 1.37. The Labute approximate surface area is 120 Å². The number of halogens is 2. The highest BCUT2D eigenvalue weighted by Gasteiger charge is 2.13. The molecule has 2 atom stereocenters. The molecule has 0 spiro atoms. The lowest BCUT2D eigenvalue weighted by molar-refractivity contribution is 0.0943. The summed E-state index contributed by atoms with van der Waals surface area (Å²) in [6.07, 6.45) is 1.62. The van der Waals surface area contributed by atoms with Gasteiger partial charge in [-0.25, -0.2) is 0 Å². The molecule has 0 aliphatic carbocycles. The van der Waals surface area contributed by atoms with Crippen molar-refractivity contribution < 1.29 is 9.00 Å². The smallest absolute Gasteiger partial charge is 0.252 e. The topological polar surface area (TPSA) is 46.2 Å². The van der Waals surface area contributed by atoms with E-state index < -0.39 is 10.8 Å². The molecular weight excluding hydrogens is 370 g/mol. The van der Waals surface area contributed by atoms with Gasteiger partial charge >= 0.3 is 0 Å². The van der Waals surface area contributed by atoms with Crippen LogP contribution < -0.4 is 5.32 Å². The fourth-order valence-corrected chi connectivity index (χ4v) is 2.94. The van der Waals surface area contributed by atoms with Gasteiger partial charge in [-0.3, -0.25) is 9.00 Å². The van der Waals surface area contributed by atoms with Gasteiger partial charge in [-0.05, 0) is 41.1 Å². The number of carbonyl (C=O) groups excluding carboxylic acids is 1. The van der Waals surface area contributed by atoms with Crippen molar-refractivity contribution in [3.63, 3.8) is 0 Å². The summed E-state index contributed by atoms with van der Waals surface area (Å²) < 4.78 is 12.6. The normalized spacial score (nSPS) is 14.1. The van der Waals surface area contributed by atoms with Gasteiger partial charge in [0, 0.05) is 37.8 Å². The van der Waals surface area contributed by atoms with Crippen LogP contribution in [0.4, 0.5) is 0 Å². The van der Waals surface area contributed by atoms with Gasteiger partial charge in [-0.15, -0.1) is 0 Å². The summed E-state index contributed by atoms with van der Waals surface area (Å²) in [6.45, 7) is 1.84. The third kappa shape index (κ3) is 4.89. The maximum atomic E-state index is 11.9. The molecule has 0 heterocycles. The van der Waals surface area contributed by atoms with Gasteiger partial charge in [0.2, 0.25) is 0 Å². The van der Waals surface area contributed by atoms with Crippen molar-refractivity contribution in [2.75, 3.05) is 12.0 Å². The van der Waals surface area contributed by atoms with Crippen LogP contribution in [-0.2, 0) is 10.8 Å². The maximum Gasteiger partial charge on any atom is 0.252 e. The van der Waals surface area contributed by atoms with Crippen LogP contribution in [0.3, 0.4) is 0 Å². The molecule has 0 saturated carbocycles. The molecule has 94 valence electrons. The quantitative estimate of drug-likeness (QED) is 0.870. The Morgan fingerprint density at radius 2 is 2.12 bits per heavy atom. The van der Waals surface area contributed by atoms with Gasteiger partial charge in [-0.1, -0.05) is 15.9 Å². The number of amides is 1. The second-order valence-electron chi connectivity index (χ2n) is 3.74. The first-order valence-electron chi connectivity index (χ1n) is 4.96. The van der Waals surface area contributed by atoms with Crippen molar-refractivity contribution >= 4 is 48.6 Å². The van der Waals surface area contributed by atoms with Crippen LogP contribution in [0.15, 0.2) is 27.1 Å². The molecule has 0 fully saturated rings. The summed E-state index contributed by atoms with van der Waals surface area (Å²) in [5.41, 5.74) is 0.563. The van der Waals surface area contributed by atoms with E-state index in [2.05, 4.69) is 37.2 Å². The summed E-state index contributed by atoms with van der Waals surface area (Å²) in [5.74, 6) is 0.285. The molecule has 2 unspecified atom stereocenters. The molecule has 1 N–H and O–H groups in total. The number of hydrogen-bond acceptors (Lipinski definition) is 2. The Kier molecular flexibility index (Phi) is 5.82. The molecule has 1 amide bonds. The van der Waals surface area contributed by atoms with Gasteiger partial charge in [0.15, 0.2) is 0 Å². The molecule has 3 nitrogen and oxygen atoms in total. The van der Waals surface area contributed by atoms with Crippen molar-refractivity contribution in [3.8, 4) is 0 Å². The Balaban J connectivity index is 2.76. The Hall–Kier alpha value is -0.200. The fraction of sp³-hybridized carbons (Fsp3) is 0.364. The molecule has 0 bridgehead atoms. The van der Waals surface area contributed by atoms with E-state index in [0.717, 1.165) is 8.95 Å². The van der Waals surface area contributed by atoms with E-state index >= 15 is 0 Å². The molecular formula is C11H13Br2NO2S. The summed E-state index contributed by atoms with van der Waals surface area (Å²) in [5, 5.41) is 2.81. The largest absolute Gasteiger partial charge is 0.349 e. The number of carbonyl (C=O) groups is 1. The molecule has 0 aliphatic heterocycles. The minimum atomic E-state index is -0.914. The highest BCUT2D eigenvalue weighted by Crippen LogP contribution is 2.21. The number of benzene rings is 1. The second-order valence-corrected chi connectivity index (χ2v) is 6.99. The zero-order chi connectivity index (χ0) is 13.0. The molecule has 0 aliphatic rings. The van der Waals surface area contributed by atoms with Crippen LogP contribution in [-0.4, -0.2) is 28.2 Å². The third-order valence-corrected chi connectivity index (χ3v) is 4.19. The minimum absolute atomic E-state index is 0.112. The molecule has 6 heteroatoms. The van der Waals surface area contributed by atoms with Crippen molar-refractivity contribution in [3.05, 3.63) is 32.7 Å². The van der Waals surface area contributed by atoms with E-state index in [-0.39, 0.29) is 11.9 Å². The van der Waals surface area contributed by atoms with Gasteiger partial charge in [0.1, 0.15) is 0 Å². The standard InChI is InChI=1S/C11H13Br2NO2S/c1-7(6-17(2)16)14-11(15)9-5-8(12)3-4-10(9)13/h3-5,7H,6H2,1-2H3,(H,14,15). The van der Waals surface area contributed by atoms with Crippen molar-refractivity contribution in [1.29, 1.82) is 0 Å². The molecule has 1 rings (SSSR count). The lowest BCUT2D eigenvalue weighted by Gasteiger charge is -2.13. The van der Waals surface area contributed by atoms with Crippen molar-refractivity contribution in [2.24, 2.45) is 0 Å². The van der Waals surface area contributed by atoms with Crippen LogP contribution >= 0.6 is 31.9 Å². The van der Waals surface area contributed by atoms with E-state index in [9.17, 15) is 9.00 Å². The average molecular weight is 383 g/mol. The SMILES string of the molecule is CC(CS(C)=O)NC(=O)c1cc(Br)ccc1Br. The second kappa shape index (κ2) is 6.66. The molecule has 1 aromatic carbocycles. The lowest BCUT2D eigenvalue weighted by Crippen LogP contribution is -2.36. The minimum Gasteiger partial charge on any atom is -0.349 e. The van der Waals surface area contributed by atoms with Crippen molar-refractivity contribution in [2.45, 2.75) is 13.0 Å². The van der Waals surface area contributed by atoms with Crippen LogP contribution in [0.2, 0.25) is 0 Å².